The molecule has 1 aliphatic heterocycles. The SMILES string of the molecule is NCCNC(=O)C1CCCN(C(=O)Nc2ccccc2Cl)C1. The van der Waals surface area contributed by atoms with E-state index in [1.165, 1.54) is 0 Å². The Hall–Kier alpha value is -1.79. The summed E-state index contributed by atoms with van der Waals surface area (Å²) in [5.41, 5.74) is 5.95. The van der Waals surface area contributed by atoms with E-state index in [4.69, 9.17) is 17.3 Å². The van der Waals surface area contributed by atoms with Gasteiger partial charge in [-0.05, 0) is 25.0 Å². The summed E-state index contributed by atoms with van der Waals surface area (Å²) in [6.45, 7) is 1.92. The number of nitrogens with two attached hydrogens (primary N) is 1. The summed E-state index contributed by atoms with van der Waals surface area (Å²) in [5, 5.41) is 6.05. The summed E-state index contributed by atoms with van der Waals surface area (Å²) in [6.07, 6.45) is 1.59. The molecular weight excluding hydrogens is 304 g/mol. The molecule has 0 saturated carbocycles. The number of amides is 3. The van der Waals surface area contributed by atoms with Crippen LogP contribution in [0, 0.1) is 5.92 Å². The maximum absolute atomic E-state index is 12.3. The number of urea groups is 1. The van der Waals surface area contributed by atoms with Gasteiger partial charge in [0.25, 0.3) is 0 Å². The third-order valence-electron chi connectivity index (χ3n) is 3.64. The maximum Gasteiger partial charge on any atom is 0.321 e. The Bertz CT molecular complexity index is 538. The van der Waals surface area contributed by atoms with E-state index in [2.05, 4.69) is 10.6 Å². The van der Waals surface area contributed by atoms with E-state index in [0.717, 1.165) is 12.8 Å². The average Bonchev–Trinajstić information content (AvgIpc) is 2.54. The van der Waals surface area contributed by atoms with Crippen molar-refractivity contribution >= 4 is 29.2 Å². The summed E-state index contributed by atoms with van der Waals surface area (Å²) in [6, 6.07) is 6.84. The van der Waals surface area contributed by atoms with Crippen molar-refractivity contribution < 1.29 is 9.59 Å². The van der Waals surface area contributed by atoms with Crippen molar-refractivity contribution in [1.82, 2.24) is 10.2 Å². The molecule has 1 atom stereocenters. The Morgan fingerprint density at radius 2 is 2.14 bits per heavy atom. The molecule has 1 fully saturated rings. The topological polar surface area (TPSA) is 87.5 Å². The number of nitrogens with one attached hydrogen (secondary N) is 2. The number of hydrogen-bond donors (Lipinski definition) is 3. The number of rotatable bonds is 4. The Kier molecular flexibility index (Phi) is 6.03. The third-order valence-corrected chi connectivity index (χ3v) is 3.97. The number of halogens is 1. The Balaban J connectivity index is 1.93. The Morgan fingerprint density at radius 3 is 2.86 bits per heavy atom. The van der Waals surface area contributed by atoms with Gasteiger partial charge in [0.2, 0.25) is 5.91 Å². The molecule has 0 aliphatic carbocycles. The first kappa shape index (κ1) is 16.6. The Morgan fingerprint density at radius 1 is 1.36 bits per heavy atom. The molecular formula is C15H21ClN4O2. The summed E-state index contributed by atoms with van der Waals surface area (Å²) >= 11 is 6.03. The first-order valence-corrected chi connectivity index (χ1v) is 7.78. The molecule has 1 aliphatic rings. The summed E-state index contributed by atoms with van der Waals surface area (Å²) in [4.78, 5) is 26.0. The van der Waals surface area contributed by atoms with Crippen LogP contribution in [0.25, 0.3) is 0 Å². The van der Waals surface area contributed by atoms with Crippen molar-refractivity contribution in [1.29, 1.82) is 0 Å². The second-order valence-corrected chi connectivity index (χ2v) is 5.68. The predicted octanol–water partition coefficient (Wildman–Crippen LogP) is 1.66. The van der Waals surface area contributed by atoms with Crippen LogP contribution in [0.2, 0.25) is 5.02 Å². The lowest BCUT2D eigenvalue weighted by atomic mass is 9.97. The molecule has 2 rings (SSSR count). The molecule has 0 aromatic heterocycles. The predicted molar refractivity (Wildman–Crippen MR) is 86.8 cm³/mol. The first-order chi connectivity index (χ1) is 10.6. The van der Waals surface area contributed by atoms with Crippen LogP contribution in [0.3, 0.4) is 0 Å². The highest BCUT2D eigenvalue weighted by Crippen LogP contribution is 2.22. The first-order valence-electron chi connectivity index (χ1n) is 7.40. The zero-order valence-electron chi connectivity index (χ0n) is 12.3. The van der Waals surface area contributed by atoms with Gasteiger partial charge in [-0.15, -0.1) is 0 Å². The lowest BCUT2D eigenvalue weighted by Gasteiger charge is -2.32. The van der Waals surface area contributed by atoms with Gasteiger partial charge in [-0.25, -0.2) is 4.79 Å². The van der Waals surface area contributed by atoms with Gasteiger partial charge in [0.05, 0.1) is 16.6 Å². The quantitative estimate of drug-likeness (QED) is 0.787. The van der Waals surface area contributed by atoms with E-state index in [1.807, 2.05) is 0 Å². The molecule has 22 heavy (non-hydrogen) atoms. The second kappa shape index (κ2) is 8.00. The van der Waals surface area contributed by atoms with Crippen molar-refractivity contribution in [3.8, 4) is 0 Å². The van der Waals surface area contributed by atoms with Crippen molar-refractivity contribution in [2.45, 2.75) is 12.8 Å². The number of benzene rings is 1. The average molecular weight is 325 g/mol. The molecule has 1 aromatic rings. The largest absolute Gasteiger partial charge is 0.355 e. The van der Waals surface area contributed by atoms with Crippen LogP contribution in [0.15, 0.2) is 24.3 Å². The van der Waals surface area contributed by atoms with Gasteiger partial charge in [-0.2, -0.15) is 0 Å². The molecule has 7 heteroatoms. The van der Waals surface area contributed by atoms with Crippen LogP contribution in [0.5, 0.6) is 0 Å². The molecule has 3 amide bonds. The van der Waals surface area contributed by atoms with Crippen LogP contribution < -0.4 is 16.4 Å². The Labute approximate surface area is 135 Å². The highest BCUT2D eigenvalue weighted by atomic mass is 35.5. The molecule has 1 unspecified atom stereocenters. The lowest BCUT2D eigenvalue weighted by molar-refractivity contribution is -0.126. The van der Waals surface area contributed by atoms with Gasteiger partial charge >= 0.3 is 6.03 Å². The molecule has 0 radical (unpaired) electrons. The standard InChI is InChI=1S/C15H21ClN4O2/c16-12-5-1-2-6-13(12)19-15(22)20-9-3-4-11(10-20)14(21)18-8-7-17/h1-2,5-6,11H,3-4,7-10,17H2,(H,18,21)(H,19,22). The van der Waals surface area contributed by atoms with Gasteiger partial charge in [-0.1, -0.05) is 23.7 Å². The zero-order valence-corrected chi connectivity index (χ0v) is 13.1. The highest BCUT2D eigenvalue weighted by molar-refractivity contribution is 6.33. The van der Waals surface area contributed by atoms with E-state index in [1.54, 1.807) is 29.2 Å². The fourth-order valence-electron chi connectivity index (χ4n) is 2.47. The maximum atomic E-state index is 12.3. The van der Waals surface area contributed by atoms with Crippen LogP contribution >= 0.6 is 11.6 Å². The van der Waals surface area contributed by atoms with Crippen LogP contribution in [0.4, 0.5) is 10.5 Å². The van der Waals surface area contributed by atoms with Crippen LogP contribution in [-0.4, -0.2) is 43.0 Å². The molecule has 1 saturated heterocycles. The highest BCUT2D eigenvalue weighted by Gasteiger charge is 2.28. The van der Waals surface area contributed by atoms with Gasteiger partial charge in [0, 0.05) is 26.2 Å². The number of carbonyl (C=O) groups is 2. The van der Waals surface area contributed by atoms with E-state index in [-0.39, 0.29) is 17.9 Å². The third kappa shape index (κ3) is 4.35. The zero-order chi connectivity index (χ0) is 15.9. The fourth-order valence-corrected chi connectivity index (χ4v) is 2.66. The van der Waals surface area contributed by atoms with Crippen LogP contribution in [0.1, 0.15) is 12.8 Å². The number of para-hydroxylation sites is 1. The summed E-state index contributed by atoms with van der Waals surface area (Å²) in [5.74, 6) is -0.224. The molecule has 1 heterocycles. The molecule has 1 aromatic carbocycles. The second-order valence-electron chi connectivity index (χ2n) is 5.27. The van der Waals surface area contributed by atoms with Gasteiger partial charge in [-0.3, -0.25) is 4.79 Å². The van der Waals surface area contributed by atoms with Crippen molar-refractivity contribution in [3.63, 3.8) is 0 Å². The van der Waals surface area contributed by atoms with E-state index >= 15 is 0 Å². The van der Waals surface area contributed by atoms with Crippen molar-refractivity contribution in [2.75, 3.05) is 31.5 Å². The monoisotopic (exact) mass is 324 g/mol. The summed E-state index contributed by atoms with van der Waals surface area (Å²) < 4.78 is 0. The summed E-state index contributed by atoms with van der Waals surface area (Å²) in [7, 11) is 0. The van der Waals surface area contributed by atoms with Crippen molar-refractivity contribution in [2.24, 2.45) is 11.7 Å². The molecule has 4 N–H and O–H groups in total. The molecule has 120 valence electrons. The van der Waals surface area contributed by atoms with E-state index < -0.39 is 0 Å². The van der Waals surface area contributed by atoms with E-state index in [0.29, 0.717) is 36.9 Å². The molecule has 6 nitrogen and oxygen atoms in total. The number of hydrogen-bond acceptors (Lipinski definition) is 3. The normalized spacial score (nSPS) is 17.9. The minimum absolute atomic E-state index is 0.0410. The van der Waals surface area contributed by atoms with Gasteiger partial charge in [0.15, 0.2) is 0 Å². The minimum Gasteiger partial charge on any atom is -0.355 e. The number of nitrogens with zero attached hydrogens (tertiary/aromatic N) is 1. The minimum atomic E-state index is -0.232. The number of piperidine rings is 1. The van der Waals surface area contributed by atoms with Crippen molar-refractivity contribution in [3.05, 3.63) is 29.3 Å². The lowest BCUT2D eigenvalue weighted by Crippen LogP contribution is -2.47. The fraction of sp³-hybridized carbons (Fsp3) is 0.467. The number of likely N-dealkylation sites (tertiary alicyclic amines) is 1. The molecule has 0 bridgehead atoms. The van der Waals surface area contributed by atoms with Gasteiger partial charge in [0.1, 0.15) is 0 Å². The van der Waals surface area contributed by atoms with E-state index in [9.17, 15) is 9.59 Å². The number of anilines is 1. The number of carbonyl (C=O) groups excluding carboxylic acids is 2. The smallest absolute Gasteiger partial charge is 0.321 e. The van der Waals surface area contributed by atoms with Crippen LogP contribution in [-0.2, 0) is 4.79 Å². The molecule has 0 spiro atoms. The van der Waals surface area contributed by atoms with Gasteiger partial charge < -0.3 is 21.3 Å².